The molecule has 1 aliphatic rings. The van der Waals surface area contributed by atoms with Crippen molar-refractivity contribution in [2.24, 2.45) is 0 Å². The minimum absolute atomic E-state index is 0.0799. The Morgan fingerprint density at radius 2 is 2.22 bits per heavy atom. The maximum atomic E-state index is 12.5. The van der Waals surface area contributed by atoms with Gasteiger partial charge in [-0.25, -0.2) is 4.98 Å². The van der Waals surface area contributed by atoms with Gasteiger partial charge < -0.3 is 14.3 Å². The number of pyridine rings is 1. The molecule has 7 nitrogen and oxygen atoms in total. The smallest absolute Gasteiger partial charge is 0.271 e. The van der Waals surface area contributed by atoms with Crippen LogP contribution < -0.4 is 5.32 Å². The summed E-state index contributed by atoms with van der Waals surface area (Å²) in [7, 11) is 0. The molecule has 0 saturated heterocycles. The van der Waals surface area contributed by atoms with Crippen LogP contribution in [0.2, 0.25) is 0 Å². The maximum Gasteiger partial charge on any atom is 0.271 e. The Hall–Kier alpha value is -2.70. The van der Waals surface area contributed by atoms with Gasteiger partial charge >= 0.3 is 0 Å². The molecule has 7 heteroatoms. The molecule has 3 aromatic heterocycles. The number of hydrogen-bond acceptors (Lipinski definition) is 4. The zero-order valence-electron chi connectivity index (χ0n) is 13.2. The fourth-order valence-corrected chi connectivity index (χ4v) is 3.03. The molecule has 4 heterocycles. The van der Waals surface area contributed by atoms with Gasteiger partial charge in [0.2, 0.25) is 0 Å². The highest BCUT2D eigenvalue weighted by Gasteiger charge is 2.23. The van der Waals surface area contributed by atoms with Gasteiger partial charge in [-0.2, -0.15) is 0 Å². The zero-order valence-corrected chi connectivity index (χ0v) is 13.2. The van der Waals surface area contributed by atoms with E-state index in [0.717, 1.165) is 35.7 Å². The van der Waals surface area contributed by atoms with E-state index in [2.05, 4.69) is 25.1 Å². The van der Waals surface area contributed by atoms with Crippen molar-refractivity contribution in [3.63, 3.8) is 0 Å². The summed E-state index contributed by atoms with van der Waals surface area (Å²) >= 11 is 0. The second-order valence-corrected chi connectivity index (χ2v) is 6.08. The van der Waals surface area contributed by atoms with Gasteiger partial charge in [-0.05, 0) is 38.0 Å². The van der Waals surface area contributed by atoms with Gasteiger partial charge in [0.25, 0.3) is 5.91 Å². The molecule has 118 valence electrons. The van der Waals surface area contributed by atoms with Crippen molar-refractivity contribution >= 4 is 11.6 Å². The van der Waals surface area contributed by atoms with E-state index in [1.165, 1.54) is 0 Å². The Labute approximate surface area is 133 Å². The molecule has 0 aromatic carbocycles. The molecule has 0 saturated carbocycles. The number of fused-ring (bicyclic) bond motifs is 2. The van der Waals surface area contributed by atoms with E-state index in [1.807, 2.05) is 36.6 Å². The highest BCUT2D eigenvalue weighted by atomic mass is 16.2. The highest BCUT2D eigenvalue weighted by molar-refractivity contribution is 5.93. The molecule has 0 radical (unpaired) electrons. The van der Waals surface area contributed by atoms with E-state index in [-0.39, 0.29) is 11.9 Å². The first-order valence-corrected chi connectivity index (χ1v) is 7.75. The third kappa shape index (κ3) is 2.48. The van der Waals surface area contributed by atoms with Crippen LogP contribution >= 0.6 is 0 Å². The van der Waals surface area contributed by atoms with Crippen LogP contribution in [0.3, 0.4) is 0 Å². The predicted octanol–water partition coefficient (Wildman–Crippen LogP) is 1.29. The highest BCUT2D eigenvalue weighted by Crippen LogP contribution is 2.15. The lowest BCUT2D eigenvalue weighted by atomic mass is 10.1. The SMILES string of the molecule is Cc1ccn2cc(C(=O)N[C@@H]3CCc4nnc(C)n4C3)nc2c1. The quantitative estimate of drug-likeness (QED) is 0.773. The molecule has 0 spiro atoms. The molecule has 1 amide bonds. The van der Waals surface area contributed by atoms with Crippen LogP contribution in [-0.4, -0.2) is 36.1 Å². The molecule has 23 heavy (non-hydrogen) atoms. The molecule has 0 unspecified atom stereocenters. The van der Waals surface area contributed by atoms with Crippen LogP contribution in [0.1, 0.15) is 34.1 Å². The van der Waals surface area contributed by atoms with Crippen molar-refractivity contribution in [1.82, 2.24) is 29.5 Å². The third-order valence-corrected chi connectivity index (χ3v) is 4.32. The molecule has 0 aliphatic carbocycles. The van der Waals surface area contributed by atoms with Gasteiger partial charge in [-0.15, -0.1) is 10.2 Å². The summed E-state index contributed by atoms with van der Waals surface area (Å²) in [5.74, 6) is 1.75. The number of aryl methyl sites for hydroxylation is 3. The number of carbonyl (C=O) groups is 1. The van der Waals surface area contributed by atoms with Gasteiger partial charge in [0.05, 0.1) is 0 Å². The van der Waals surface area contributed by atoms with Gasteiger partial charge in [0.1, 0.15) is 23.0 Å². The average molecular weight is 310 g/mol. The first-order chi connectivity index (χ1) is 11.1. The van der Waals surface area contributed by atoms with E-state index in [4.69, 9.17) is 0 Å². The topological polar surface area (TPSA) is 77.1 Å². The molecule has 0 fully saturated rings. The van der Waals surface area contributed by atoms with Crippen molar-refractivity contribution in [3.8, 4) is 0 Å². The van der Waals surface area contributed by atoms with Crippen molar-refractivity contribution in [1.29, 1.82) is 0 Å². The summed E-state index contributed by atoms with van der Waals surface area (Å²) in [5, 5.41) is 11.3. The van der Waals surface area contributed by atoms with E-state index in [1.54, 1.807) is 6.20 Å². The molecule has 1 aliphatic heterocycles. The van der Waals surface area contributed by atoms with Crippen molar-refractivity contribution < 1.29 is 4.79 Å². The summed E-state index contributed by atoms with van der Waals surface area (Å²) < 4.78 is 3.94. The van der Waals surface area contributed by atoms with Gasteiger partial charge in [0, 0.05) is 31.4 Å². The molecule has 4 rings (SSSR count). The predicted molar refractivity (Wildman–Crippen MR) is 84.3 cm³/mol. The molecular formula is C16H18N6O. The second-order valence-electron chi connectivity index (χ2n) is 6.08. The normalized spacial score (nSPS) is 17.2. The number of nitrogens with zero attached hydrogens (tertiary/aromatic N) is 5. The zero-order chi connectivity index (χ0) is 16.0. The van der Waals surface area contributed by atoms with Crippen LogP contribution in [-0.2, 0) is 13.0 Å². The number of aromatic nitrogens is 5. The van der Waals surface area contributed by atoms with Gasteiger partial charge in [-0.3, -0.25) is 4.79 Å². The lowest BCUT2D eigenvalue weighted by molar-refractivity contribution is 0.0923. The standard InChI is InChI=1S/C16H18N6O/c1-10-5-6-21-9-13(18-15(21)7-10)16(23)17-12-3-4-14-20-19-11(2)22(14)8-12/h5-7,9,12H,3-4,8H2,1-2H3,(H,17,23)/t12-/m1/s1. The van der Waals surface area contributed by atoms with E-state index >= 15 is 0 Å². The Morgan fingerprint density at radius 3 is 3.09 bits per heavy atom. The van der Waals surface area contributed by atoms with Crippen molar-refractivity contribution in [2.45, 2.75) is 39.3 Å². The van der Waals surface area contributed by atoms with Crippen LogP contribution in [0.25, 0.3) is 5.65 Å². The summed E-state index contributed by atoms with van der Waals surface area (Å²) in [6.45, 7) is 4.66. The second kappa shape index (κ2) is 5.19. The van der Waals surface area contributed by atoms with Crippen molar-refractivity contribution in [2.75, 3.05) is 0 Å². The maximum absolute atomic E-state index is 12.5. The fraction of sp³-hybridized carbons (Fsp3) is 0.375. The Morgan fingerprint density at radius 1 is 1.35 bits per heavy atom. The third-order valence-electron chi connectivity index (χ3n) is 4.32. The number of rotatable bonds is 2. The van der Waals surface area contributed by atoms with Crippen LogP contribution in [0.15, 0.2) is 24.5 Å². The summed E-state index contributed by atoms with van der Waals surface area (Å²) in [6, 6.07) is 4.04. The van der Waals surface area contributed by atoms with Crippen LogP contribution in [0, 0.1) is 13.8 Å². The molecule has 0 bridgehead atoms. The monoisotopic (exact) mass is 310 g/mol. The number of hydrogen-bond donors (Lipinski definition) is 1. The first kappa shape index (κ1) is 13.9. The Bertz CT molecular complexity index is 893. The molecular weight excluding hydrogens is 292 g/mol. The lowest BCUT2D eigenvalue weighted by Crippen LogP contribution is -2.41. The van der Waals surface area contributed by atoms with E-state index < -0.39 is 0 Å². The first-order valence-electron chi connectivity index (χ1n) is 7.75. The Balaban J connectivity index is 1.52. The Kier molecular flexibility index (Phi) is 3.14. The minimum atomic E-state index is -0.134. The minimum Gasteiger partial charge on any atom is -0.346 e. The van der Waals surface area contributed by atoms with E-state index in [9.17, 15) is 4.79 Å². The molecule has 3 aromatic rings. The van der Waals surface area contributed by atoms with Gasteiger partial charge in [-0.1, -0.05) is 0 Å². The summed E-state index contributed by atoms with van der Waals surface area (Å²) in [5.41, 5.74) is 2.36. The fourth-order valence-electron chi connectivity index (χ4n) is 3.03. The summed E-state index contributed by atoms with van der Waals surface area (Å²) in [6.07, 6.45) is 5.39. The lowest BCUT2D eigenvalue weighted by Gasteiger charge is -2.24. The van der Waals surface area contributed by atoms with E-state index in [0.29, 0.717) is 12.2 Å². The molecule has 1 atom stereocenters. The number of amides is 1. The van der Waals surface area contributed by atoms with Crippen LogP contribution in [0.4, 0.5) is 0 Å². The summed E-state index contributed by atoms with van der Waals surface area (Å²) in [4.78, 5) is 16.9. The number of imidazole rings is 1. The number of nitrogens with one attached hydrogen (secondary N) is 1. The van der Waals surface area contributed by atoms with Gasteiger partial charge in [0.15, 0.2) is 0 Å². The number of carbonyl (C=O) groups excluding carboxylic acids is 1. The van der Waals surface area contributed by atoms with Crippen molar-refractivity contribution in [3.05, 3.63) is 47.4 Å². The average Bonchev–Trinajstić information content (AvgIpc) is 3.11. The molecule has 1 N–H and O–H groups in total. The largest absolute Gasteiger partial charge is 0.346 e. The van der Waals surface area contributed by atoms with Crippen LogP contribution in [0.5, 0.6) is 0 Å².